The molecule has 2 aromatic carbocycles. The quantitative estimate of drug-likeness (QED) is 0.227. The van der Waals surface area contributed by atoms with Crippen molar-refractivity contribution in [2.75, 3.05) is 11.9 Å². The number of ether oxygens (including phenoxy) is 1. The Morgan fingerprint density at radius 1 is 1.25 bits per heavy atom. The number of rotatable bonds is 8. The molecule has 1 aromatic heterocycles. The molecule has 0 unspecified atom stereocenters. The van der Waals surface area contributed by atoms with Crippen molar-refractivity contribution in [1.29, 1.82) is 0 Å². The van der Waals surface area contributed by atoms with Crippen LogP contribution >= 0.6 is 11.8 Å². The van der Waals surface area contributed by atoms with Gasteiger partial charge in [0, 0.05) is 28.0 Å². The van der Waals surface area contributed by atoms with Crippen LogP contribution in [0.25, 0.3) is 0 Å². The molecule has 1 amide bonds. The van der Waals surface area contributed by atoms with Crippen LogP contribution in [0.5, 0.6) is 0 Å². The number of benzene rings is 2. The summed E-state index contributed by atoms with van der Waals surface area (Å²) in [5, 5.41) is 17.0. The van der Waals surface area contributed by atoms with Gasteiger partial charge in [0.15, 0.2) is 6.61 Å². The van der Waals surface area contributed by atoms with Gasteiger partial charge in [0.2, 0.25) is 5.82 Å². The minimum atomic E-state index is -1.02. The highest BCUT2D eigenvalue weighted by atomic mass is 32.2. The van der Waals surface area contributed by atoms with Crippen molar-refractivity contribution < 1.29 is 28.2 Å². The molecule has 0 atom stereocenters. The third kappa shape index (κ3) is 5.49. The molecule has 0 saturated carbocycles. The molecule has 3 rings (SSSR count). The van der Waals surface area contributed by atoms with E-state index < -0.39 is 34.9 Å². The molecule has 166 valence electrons. The van der Waals surface area contributed by atoms with Gasteiger partial charge < -0.3 is 14.6 Å². The van der Waals surface area contributed by atoms with Crippen LogP contribution in [0.1, 0.15) is 27.4 Å². The Morgan fingerprint density at radius 3 is 2.69 bits per heavy atom. The van der Waals surface area contributed by atoms with Gasteiger partial charge in [0.05, 0.1) is 16.2 Å². The molecule has 32 heavy (non-hydrogen) atoms. The topological polar surface area (TPSA) is 125 Å². The van der Waals surface area contributed by atoms with E-state index in [9.17, 15) is 24.1 Å². The minimum Gasteiger partial charge on any atom is -0.452 e. The molecule has 0 saturated heterocycles. The number of aryl methyl sites for hydroxylation is 2. The van der Waals surface area contributed by atoms with Crippen molar-refractivity contribution in [1.82, 2.24) is 5.16 Å². The van der Waals surface area contributed by atoms with Crippen LogP contribution in [0.3, 0.4) is 0 Å². The second-order valence-electron chi connectivity index (χ2n) is 6.64. The van der Waals surface area contributed by atoms with Crippen LogP contribution in [-0.2, 0) is 15.3 Å². The Bertz CT molecular complexity index is 1160. The molecule has 3 aromatic rings. The van der Waals surface area contributed by atoms with E-state index in [2.05, 4.69) is 10.5 Å². The molecule has 0 aliphatic heterocycles. The summed E-state index contributed by atoms with van der Waals surface area (Å²) in [6.45, 7) is 3.03. The molecule has 0 radical (unpaired) electrons. The van der Waals surface area contributed by atoms with E-state index in [-0.39, 0.29) is 11.3 Å². The fourth-order valence-electron chi connectivity index (χ4n) is 2.76. The third-order valence-electron chi connectivity index (χ3n) is 4.42. The van der Waals surface area contributed by atoms with Crippen LogP contribution in [0.4, 0.5) is 15.8 Å². The van der Waals surface area contributed by atoms with Crippen LogP contribution in [-0.4, -0.2) is 28.6 Å². The number of hydrogen-bond donors (Lipinski definition) is 1. The Labute approximate surface area is 186 Å². The van der Waals surface area contributed by atoms with Crippen LogP contribution in [0.2, 0.25) is 0 Å². The van der Waals surface area contributed by atoms with Crippen molar-refractivity contribution in [3.05, 3.63) is 81.0 Å². The highest BCUT2D eigenvalue weighted by Gasteiger charge is 2.18. The van der Waals surface area contributed by atoms with E-state index in [1.54, 1.807) is 24.3 Å². The first-order valence-electron chi connectivity index (χ1n) is 9.30. The van der Waals surface area contributed by atoms with Crippen molar-refractivity contribution in [2.24, 2.45) is 0 Å². The number of halogens is 1. The smallest absolute Gasteiger partial charge is 0.339 e. The van der Waals surface area contributed by atoms with E-state index in [4.69, 9.17) is 9.26 Å². The Balaban J connectivity index is 1.61. The van der Waals surface area contributed by atoms with E-state index in [1.165, 1.54) is 17.8 Å². The van der Waals surface area contributed by atoms with E-state index >= 15 is 0 Å². The number of thioether (sulfide) groups is 1. The first-order valence-corrected chi connectivity index (χ1v) is 10.3. The highest BCUT2D eigenvalue weighted by Crippen LogP contribution is 2.29. The summed E-state index contributed by atoms with van der Waals surface area (Å²) in [5.74, 6) is -1.21. The third-order valence-corrected chi connectivity index (χ3v) is 5.52. The normalized spacial score (nSPS) is 10.6. The Morgan fingerprint density at radius 2 is 2.00 bits per heavy atom. The molecule has 1 N–H and O–H groups in total. The van der Waals surface area contributed by atoms with Gasteiger partial charge in [-0.15, -0.1) is 11.8 Å². The van der Waals surface area contributed by atoms with E-state index in [1.807, 2.05) is 13.8 Å². The first kappa shape index (κ1) is 22.9. The number of nitro groups is 1. The summed E-state index contributed by atoms with van der Waals surface area (Å²) in [5.41, 5.74) is 1.23. The largest absolute Gasteiger partial charge is 0.452 e. The van der Waals surface area contributed by atoms with Crippen molar-refractivity contribution in [3.63, 3.8) is 0 Å². The summed E-state index contributed by atoms with van der Waals surface area (Å²) in [6.07, 6.45) is 0. The second-order valence-corrected chi connectivity index (χ2v) is 7.65. The van der Waals surface area contributed by atoms with Crippen LogP contribution in [0.15, 0.2) is 51.9 Å². The summed E-state index contributed by atoms with van der Waals surface area (Å²) < 4.78 is 23.6. The molecule has 0 aliphatic rings. The molecule has 0 bridgehead atoms. The number of esters is 1. The first-order chi connectivity index (χ1) is 15.3. The number of aromatic nitrogens is 1. The fraction of sp³-hybridized carbons (Fsp3) is 0.190. The average Bonchev–Trinajstić information content (AvgIpc) is 3.09. The van der Waals surface area contributed by atoms with E-state index in [0.29, 0.717) is 16.4 Å². The zero-order chi connectivity index (χ0) is 23.3. The lowest BCUT2D eigenvalue weighted by Crippen LogP contribution is -2.21. The van der Waals surface area contributed by atoms with Crippen molar-refractivity contribution in [2.45, 2.75) is 24.5 Å². The van der Waals surface area contributed by atoms with Gasteiger partial charge in [0.1, 0.15) is 5.76 Å². The summed E-state index contributed by atoms with van der Waals surface area (Å²) in [6, 6.07) is 9.72. The maximum absolute atomic E-state index is 13.4. The molecular formula is C21H18FN3O6S. The minimum absolute atomic E-state index is 0.00886. The average molecular weight is 459 g/mol. The van der Waals surface area contributed by atoms with Gasteiger partial charge in [0.25, 0.3) is 5.91 Å². The number of anilines is 1. The number of nitrogens with zero attached hydrogens (tertiary/aromatic N) is 2. The molecule has 11 heteroatoms. The lowest BCUT2D eigenvalue weighted by Gasteiger charge is -2.10. The second kappa shape index (κ2) is 10.1. The Hall–Kier alpha value is -3.73. The lowest BCUT2D eigenvalue weighted by molar-refractivity contribution is -0.387. The summed E-state index contributed by atoms with van der Waals surface area (Å²) in [7, 11) is 0. The number of amides is 1. The van der Waals surface area contributed by atoms with Crippen LogP contribution in [0, 0.1) is 29.8 Å². The number of nitrogens with one attached hydrogen (secondary N) is 1. The molecule has 0 fully saturated rings. The molecule has 0 spiro atoms. The fourth-order valence-corrected chi connectivity index (χ4v) is 3.95. The monoisotopic (exact) mass is 459 g/mol. The number of carbonyl (C=O) groups is 2. The van der Waals surface area contributed by atoms with Gasteiger partial charge in [-0.05, 0) is 38.1 Å². The van der Waals surface area contributed by atoms with Gasteiger partial charge in [-0.1, -0.05) is 17.3 Å². The lowest BCUT2D eigenvalue weighted by atomic mass is 10.2. The Kier molecular flexibility index (Phi) is 7.21. The number of carbonyl (C=O) groups excluding carboxylic acids is 2. The summed E-state index contributed by atoms with van der Waals surface area (Å²) in [4.78, 5) is 35.2. The van der Waals surface area contributed by atoms with Crippen molar-refractivity contribution >= 4 is 35.0 Å². The molecular weight excluding hydrogens is 441 g/mol. The molecule has 1 heterocycles. The van der Waals surface area contributed by atoms with Gasteiger partial charge >= 0.3 is 11.7 Å². The molecule has 0 aliphatic carbocycles. The highest BCUT2D eigenvalue weighted by molar-refractivity contribution is 7.98. The predicted molar refractivity (Wildman–Crippen MR) is 114 cm³/mol. The van der Waals surface area contributed by atoms with Gasteiger partial charge in [-0.2, -0.15) is 4.39 Å². The summed E-state index contributed by atoms with van der Waals surface area (Å²) >= 11 is 1.40. The van der Waals surface area contributed by atoms with Gasteiger partial charge in [-0.3, -0.25) is 14.9 Å². The number of hydrogen-bond acceptors (Lipinski definition) is 8. The van der Waals surface area contributed by atoms with Crippen LogP contribution < -0.4 is 5.32 Å². The standard InChI is InChI=1S/C21H18FN3O6S/c1-12-16(13(2)31-24-12)11-32-19-6-4-3-5-15(19)21(27)30-10-20(26)23-14-7-8-17(22)18(9-14)25(28)29/h3-9H,10-11H2,1-2H3,(H,23,26). The zero-order valence-electron chi connectivity index (χ0n) is 17.1. The molecule has 9 nitrogen and oxygen atoms in total. The predicted octanol–water partition coefficient (Wildman–Crippen LogP) is 4.43. The van der Waals surface area contributed by atoms with E-state index in [0.717, 1.165) is 23.4 Å². The SMILES string of the molecule is Cc1noc(C)c1CSc1ccccc1C(=O)OCC(=O)Nc1ccc(F)c([N+](=O)[O-])c1. The maximum Gasteiger partial charge on any atom is 0.339 e. The number of nitro benzene ring substituents is 1. The van der Waals surface area contributed by atoms with Crippen molar-refractivity contribution in [3.8, 4) is 0 Å². The van der Waals surface area contributed by atoms with Gasteiger partial charge in [-0.25, -0.2) is 4.79 Å². The zero-order valence-corrected chi connectivity index (χ0v) is 17.9. The maximum atomic E-state index is 13.4.